The highest BCUT2D eigenvalue weighted by molar-refractivity contribution is 5.96. The highest BCUT2D eigenvalue weighted by atomic mass is 16.5. The van der Waals surface area contributed by atoms with Gasteiger partial charge >= 0.3 is 11.9 Å². The van der Waals surface area contributed by atoms with Gasteiger partial charge in [-0.3, -0.25) is 14.4 Å². The number of hydrogen-bond donors (Lipinski definition) is 1. The summed E-state index contributed by atoms with van der Waals surface area (Å²) in [5.41, 5.74) is 2.84. The van der Waals surface area contributed by atoms with Gasteiger partial charge in [0.25, 0.3) is 0 Å². The lowest BCUT2D eigenvalue weighted by Gasteiger charge is -2.17. The Morgan fingerprint density at radius 3 is 2.09 bits per heavy atom. The van der Waals surface area contributed by atoms with Gasteiger partial charge in [0.05, 0.1) is 13.2 Å². The van der Waals surface area contributed by atoms with Gasteiger partial charge in [-0.1, -0.05) is 73.9 Å². The standard InChI is InChI=1S/C28H37NO5/c1-3-33-27(31)15-11-6-5-10-14-25(28(32)34-4-2)29-21-20-26(30)24-18-16-23(17-19-24)22-12-8-7-9-13-22/h7-9,12-13,16-19,25,29H,3-6,10-11,14-15,20-21H2,1-2H3. The molecule has 0 spiro atoms. The number of hydrogen-bond acceptors (Lipinski definition) is 6. The third-order valence-electron chi connectivity index (χ3n) is 5.56. The fourth-order valence-corrected chi connectivity index (χ4v) is 3.73. The first-order valence-corrected chi connectivity index (χ1v) is 12.3. The maximum atomic E-state index is 12.6. The normalized spacial score (nSPS) is 11.6. The molecule has 6 nitrogen and oxygen atoms in total. The molecule has 0 amide bonds. The highest BCUT2D eigenvalue weighted by Gasteiger charge is 2.19. The number of benzene rings is 2. The Morgan fingerprint density at radius 1 is 0.765 bits per heavy atom. The molecule has 2 aromatic rings. The molecule has 2 aromatic carbocycles. The van der Waals surface area contributed by atoms with Crippen molar-refractivity contribution in [2.24, 2.45) is 0 Å². The van der Waals surface area contributed by atoms with Crippen molar-refractivity contribution in [1.82, 2.24) is 5.32 Å². The van der Waals surface area contributed by atoms with Crippen LogP contribution in [0.3, 0.4) is 0 Å². The molecule has 0 radical (unpaired) electrons. The van der Waals surface area contributed by atoms with Gasteiger partial charge in [0.2, 0.25) is 0 Å². The number of ketones is 1. The summed E-state index contributed by atoms with van der Waals surface area (Å²) in [6.45, 7) is 4.73. The second-order valence-electron chi connectivity index (χ2n) is 8.13. The SMILES string of the molecule is CCOC(=O)CCCCCCC(NCCC(=O)c1ccc(-c2ccccc2)cc1)C(=O)OCC. The number of Topliss-reactive ketones (excluding diaryl/α,β-unsaturated/α-hetero) is 1. The minimum atomic E-state index is -0.432. The summed E-state index contributed by atoms with van der Waals surface area (Å²) < 4.78 is 10.1. The van der Waals surface area contributed by atoms with Gasteiger partial charge in [0.15, 0.2) is 5.78 Å². The first kappa shape index (κ1) is 27.3. The summed E-state index contributed by atoms with van der Waals surface area (Å²) >= 11 is 0. The maximum Gasteiger partial charge on any atom is 0.323 e. The Labute approximate surface area is 203 Å². The molecule has 34 heavy (non-hydrogen) atoms. The van der Waals surface area contributed by atoms with Crippen LogP contribution in [0.1, 0.15) is 69.2 Å². The van der Waals surface area contributed by atoms with E-state index in [2.05, 4.69) is 5.32 Å². The predicted octanol–water partition coefficient (Wildman–Crippen LogP) is 5.35. The molecule has 1 unspecified atom stereocenters. The molecule has 1 atom stereocenters. The van der Waals surface area contributed by atoms with Gasteiger partial charge in [-0.2, -0.15) is 0 Å². The van der Waals surface area contributed by atoms with E-state index in [0.717, 1.165) is 36.8 Å². The average Bonchev–Trinajstić information content (AvgIpc) is 2.85. The van der Waals surface area contributed by atoms with Gasteiger partial charge in [-0.25, -0.2) is 0 Å². The van der Waals surface area contributed by atoms with Gasteiger partial charge in [0, 0.05) is 24.9 Å². The Balaban J connectivity index is 1.75. The molecule has 184 valence electrons. The van der Waals surface area contributed by atoms with Crippen molar-refractivity contribution < 1.29 is 23.9 Å². The van der Waals surface area contributed by atoms with Crippen LogP contribution in [0.15, 0.2) is 54.6 Å². The lowest BCUT2D eigenvalue weighted by atomic mass is 10.0. The van der Waals surface area contributed by atoms with Crippen molar-refractivity contribution in [3.63, 3.8) is 0 Å². The summed E-state index contributed by atoms with van der Waals surface area (Å²) in [5.74, 6) is -0.407. The average molecular weight is 468 g/mol. The molecule has 6 heteroatoms. The van der Waals surface area contributed by atoms with E-state index in [1.54, 1.807) is 13.8 Å². The maximum absolute atomic E-state index is 12.6. The molecule has 2 rings (SSSR count). The Hall–Kier alpha value is -2.99. The third kappa shape index (κ3) is 9.87. The molecular weight excluding hydrogens is 430 g/mol. The first-order valence-electron chi connectivity index (χ1n) is 12.3. The van der Waals surface area contributed by atoms with Crippen molar-refractivity contribution in [2.75, 3.05) is 19.8 Å². The van der Waals surface area contributed by atoms with Gasteiger partial charge < -0.3 is 14.8 Å². The third-order valence-corrected chi connectivity index (χ3v) is 5.56. The second-order valence-corrected chi connectivity index (χ2v) is 8.13. The number of nitrogens with one attached hydrogen (secondary N) is 1. The molecule has 0 bridgehead atoms. The Morgan fingerprint density at radius 2 is 1.41 bits per heavy atom. The van der Waals surface area contributed by atoms with Crippen molar-refractivity contribution in [1.29, 1.82) is 0 Å². The molecule has 1 N–H and O–H groups in total. The van der Waals surface area contributed by atoms with E-state index in [-0.39, 0.29) is 17.7 Å². The van der Waals surface area contributed by atoms with Crippen LogP contribution in [0, 0.1) is 0 Å². The summed E-state index contributed by atoms with van der Waals surface area (Å²) in [7, 11) is 0. The number of unbranched alkanes of at least 4 members (excludes halogenated alkanes) is 3. The molecule has 0 aliphatic carbocycles. The molecule has 0 aromatic heterocycles. The zero-order chi connectivity index (χ0) is 24.6. The lowest BCUT2D eigenvalue weighted by Crippen LogP contribution is -2.39. The topological polar surface area (TPSA) is 81.7 Å². The number of rotatable bonds is 16. The van der Waals surface area contributed by atoms with E-state index in [4.69, 9.17) is 9.47 Å². The fourth-order valence-electron chi connectivity index (χ4n) is 3.73. The fraction of sp³-hybridized carbons (Fsp3) is 0.464. The van der Waals surface area contributed by atoms with Crippen molar-refractivity contribution in [2.45, 2.75) is 64.8 Å². The van der Waals surface area contributed by atoms with Crippen molar-refractivity contribution in [3.8, 4) is 11.1 Å². The summed E-state index contributed by atoms with van der Waals surface area (Å²) in [6.07, 6.45) is 4.83. The van der Waals surface area contributed by atoms with E-state index in [9.17, 15) is 14.4 Å². The van der Waals surface area contributed by atoms with E-state index in [1.807, 2.05) is 54.6 Å². The van der Waals surface area contributed by atoms with Crippen molar-refractivity contribution in [3.05, 3.63) is 60.2 Å². The van der Waals surface area contributed by atoms with Crippen LogP contribution in [0.2, 0.25) is 0 Å². The summed E-state index contributed by atoms with van der Waals surface area (Å²) in [5, 5.41) is 3.20. The zero-order valence-electron chi connectivity index (χ0n) is 20.4. The molecule has 0 heterocycles. The number of carbonyl (C=O) groups excluding carboxylic acids is 3. The zero-order valence-corrected chi connectivity index (χ0v) is 20.4. The van der Waals surface area contributed by atoms with Crippen LogP contribution >= 0.6 is 0 Å². The predicted molar refractivity (Wildman–Crippen MR) is 134 cm³/mol. The van der Waals surface area contributed by atoms with E-state index >= 15 is 0 Å². The van der Waals surface area contributed by atoms with Crippen LogP contribution in [0.25, 0.3) is 11.1 Å². The first-order chi connectivity index (χ1) is 16.5. The van der Waals surface area contributed by atoms with Crippen molar-refractivity contribution >= 4 is 17.7 Å². The van der Waals surface area contributed by atoms with E-state index in [0.29, 0.717) is 44.6 Å². The number of ether oxygens (including phenoxy) is 2. The monoisotopic (exact) mass is 467 g/mol. The minimum Gasteiger partial charge on any atom is -0.466 e. The van der Waals surface area contributed by atoms with Crippen LogP contribution in [-0.4, -0.2) is 43.5 Å². The van der Waals surface area contributed by atoms with E-state index in [1.165, 1.54) is 0 Å². The van der Waals surface area contributed by atoms with Crippen LogP contribution in [0.5, 0.6) is 0 Å². The molecule has 0 aliphatic heterocycles. The van der Waals surface area contributed by atoms with E-state index < -0.39 is 6.04 Å². The molecule has 0 saturated heterocycles. The van der Waals surface area contributed by atoms with Gasteiger partial charge in [0.1, 0.15) is 6.04 Å². The lowest BCUT2D eigenvalue weighted by molar-refractivity contribution is -0.146. The summed E-state index contributed by atoms with van der Waals surface area (Å²) in [4.78, 5) is 36.3. The number of carbonyl (C=O) groups is 3. The summed E-state index contributed by atoms with van der Waals surface area (Å²) in [6, 6.07) is 17.2. The molecule has 0 aliphatic rings. The Bertz CT molecular complexity index is 879. The Kier molecular flexibility index (Phi) is 12.6. The van der Waals surface area contributed by atoms with Gasteiger partial charge in [-0.15, -0.1) is 0 Å². The molecule has 0 saturated carbocycles. The quantitative estimate of drug-likeness (QED) is 0.204. The van der Waals surface area contributed by atoms with Crippen LogP contribution < -0.4 is 5.32 Å². The second kappa shape index (κ2) is 15.8. The minimum absolute atomic E-state index is 0.0358. The van der Waals surface area contributed by atoms with Crippen LogP contribution in [-0.2, 0) is 19.1 Å². The molecule has 0 fully saturated rings. The highest BCUT2D eigenvalue weighted by Crippen LogP contribution is 2.19. The van der Waals surface area contributed by atoms with Crippen LogP contribution in [0.4, 0.5) is 0 Å². The number of esters is 2. The molecular formula is C28H37NO5. The van der Waals surface area contributed by atoms with Gasteiger partial charge in [-0.05, 0) is 37.8 Å². The smallest absolute Gasteiger partial charge is 0.323 e. The largest absolute Gasteiger partial charge is 0.466 e.